The summed E-state index contributed by atoms with van der Waals surface area (Å²) in [5.74, 6) is 0. The number of benzene rings is 1. The predicted molar refractivity (Wildman–Crippen MR) is 78.0 cm³/mol. The molecule has 0 amide bonds. The second-order valence-electron chi connectivity index (χ2n) is 5.15. The Morgan fingerprint density at radius 2 is 2.06 bits per heavy atom. The van der Waals surface area contributed by atoms with Crippen LogP contribution in [0.15, 0.2) is 29.2 Å². The molecule has 1 fully saturated rings. The molecule has 1 saturated carbocycles. The summed E-state index contributed by atoms with van der Waals surface area (Å²) >= 11 is 3.40. The third-order valence-electron chi connectivity index (χ3n) is 3.90. The third kappa shape index (κ3) is 2.37. The van der Waals surface area contributed by atoms with E-state index in [1.165, 1.54) is 0 Å². The van der Waals surface area contributed by atoms with Crippen molar-refractivity contribution in [3.05, 3.63) is 29.8 Å². The zero-order valence-electron chi connectivity index (χ0n) is 10.7. The minimum absolute atomic E-state index is 0.492. The fraction of sp³-hybridized carbons (Fsp3) is 0.571. The van der Waals surface area contributed by atoms with E-state index >= 15 is 0 Å². The second kappa shape index (κ2) is 5.33. The van der Waals surface area contributed by atoms with Crippen molar-refractivity contribution in [1.82, 2.24) is 0 Å². The standard InChI is InChI=1S/C14H19BrO2S/c1-12-5-2-6-13(11-12)18(16,17)14(7-3-8-14)9-4-10-15/h2,5-6,11H,3-4,7-10H2,1H3. The van der Waals surface area contributed by atoms with Gasteiger partial charge in [0.15, 0.2) is 9.84 Å². The van der Waals surface area contributed by atoms with Gasteiger partial charge in [0.25, 0.3) is 0 Å². The van der Waals surface area contributed by atoms with Gasteiger partial charge in [-0.2, -0.15) is 0 Å². The van der Waals surface area contributed by atoms with E-state index in [0.717, 1.165) is 43.0 Å². The highest BCUT2D eigenvalue weighted by molar-refractivity contribution is 9.09. The van der Waals surface area contributed by atoms with Crippen LogP contribution in [0.5, 0.6) is 0 Å². The van der Waals surface area contributed by atoms with Crippen LogP contribution in [0.4, 0.5) is 0 Å². The maximum Gasteiger partial charge on any atom is 0.184 e. The molecule has 1 aromatic rings. The number of rotatable bonds is 5. The number of hydrogen-bond donors (Lipinski definition) is 0. The first-order valence-electron chi connectivity index (χ1n) is 6.39. The fourth-order valence-corrected chi connectivity index (χ4v) is 5.26. The van der Waals surface area contributed by atoms with E-state index in [1.807, 2.05) is 19.1 Å². The first-order chi connectivity index (χ1) is 8.52. The molecule has 0 aliphatic heterocycles. The Morgan fingerprint density at radius 1 is 1.33 bits per heavy atom. The van der Waals surface area contributed by atoms with Gasteiger partial charge in [-0.25, -0.2) is 8.42 Å². The van der Waals surface area contributed by atoms with Crippen molar-refractivity contribution in [3.8, 4) is 0 Å². The van der Waals surface area contributed by atoms with E-state index in [0.29, 0.717) is 4.90 Å². The maximum absolute atomic E-state index is 12.8. The summed E-state index contributed by atoms with van der Waals surface area (Å²) in [6, 6.07) is 7.30. The largest absolute Gasteiger partial charge is 0.223 e. The van der Waals surface area contributed by atoms with E-state index in [9.17, 15) is 8.42 Å². The normalized spacial score (nSPS) is 18.3. The lowest BCUT2D eigenvalue weighted by molar-refractivity contribution is 0.316. The van der Waals surface area contributed by atoms with Gasteiger partial charge in [0.2, 0.25) is 0 Å². The van der Waals surface area contributed by atoms with E-state index in [-0.39, 0.29) is 0 Å². The van der Waals surface area contributed by atoms with Gasteiger partial charge in [0.05, 0.1) is 9.64 Å². The molecular formula is C14H19BrO2S. The fourth-order valence-electron chi connectivity index (χ4n) is 2.65. The summed E-state index contributed by atoms with van der Waals surface area (Å²) in [4.78, 5) is 0.497. The van der Waals surface area contributed by atoms with Crippen molar-refractivity contribution < 1.29 is 8.42 Å². The third-order valence-corrected chi connectivity index (χ3v) is 7.09. The molecule has 0 spiro atoms. The lowest BCUT2D eigenvalue weighted by atomic mass is 9.81. The zero-order valence-corrected chi connectivity index (χ0v) is 13.1. The smallest absolute Gasteiger partial charge is 0.184 e. The summed E-state index contributed by atoms with van der Waals surface area (Å²) in [6.45, 7) is 1.94. The molecule has 4 heteroatoms. The first kappa shape index (κ1) is 14.1. The molecule has 100 valence electrons. The van der Waals surface area contributed by atoms with Gasteiger partial charge in [-0.1, -0.05) is 34.5 Å². The minimum Gasteiger partial charge on any atom is -0.223 e. The highest BCUT2D eigenvalue weighted by atomic mass is 79.9. The lowest BCUT2D eigenvalue weighted by Crippen LogP contribution is -2.45. The van der Waals surface area contributed by atoms with Crippen molar-refractivity contribution in [1.29, 1.82) is 0 Å². The molecule has 18 heavy (non-hydrogen) atoms. The number of sulfone groups is 1. The molecule has 2 nitrogen and oxygen atoms in total. The van der Waals surface area contributed by atoms with Crippen molar-refractivity contribution in [3.63, 3.8) is 0 Å². The van der Waals surface area contributed by atoms with Crippen molar-refractivity contribution in [2.45, 2.75) is 48.7 Å². The van der Waals surface area contributed by atoms with Crippen LogP contribution in [-0.2, 0) is 9.84 Å². The first-order valence-corrected chi connectivity index (χ1v) is 9.00. The van der Waals surface area contributed by atoms with Crippen molar-refractivity contribution >= 4 is 25.8 Å². The van der Waals surface area contributed by atoms with Gasteiger partial charge in [-0.15, -0.1) is 0 Å². The SMILES string of the molecule is Cc1cccc(S(=O)(=O)C2(CCCBr)CCC2)c1. The molecule has 0 saturated heterocycles. The number of aryl methyl sites for hydroxylation is 1. The molecule has 0 unspecified atom stereocenters. The monoisotopic (exact) mass is 330 g/mol. The second-order valence-corrected chi connectivity index (χ2v) is 8.29. The average molecular weight is 331 g/mol. The number of halogens is 1. The molecule has 0 aromatic heterocycles. The summed E-state index contributed by atoms with van der Waals surface area (Å²) in [5.41, 5.74) is 1.01. The van der Waals surface area contributed by atoms with Crippen LogP contribution in [0.25, 0.3) is 0 Å². The molecule has 2 rings (SSSR count). The molecule has 0 radical (unpaired) electrons. The molecule has 0 bridgehead atoms. The molecule has 0 atom stereocenters. The van der Waals surface area contributed by atoms with Crippen LogP contribution >= 0.6 is 15.9 Å². The van der Waals surface area contributed by atoms with Gasteiger partial charge < -0.3 is 0 Å². The summed E-state index contributed by atoms with van der Waals surface area (Å²) in [5, 5.41) is 0.873. The van der Waals surface area contributed by atoms with E-state index in [1.54, 1.807) is 12.1 Å². The highest BCUT2D eigenvalue weighted by Crippen LogP contribution is 2.46. The van der Waals surface area contributed by atoms with Gasteiger partial charge in [-0.3, -0.25) is 0 Å². The highest BCUT2D eigenvalue weighted by Gasteiger charge is 2.48. The van der Waals surface area contributed by atoms with Crippen molar-refractivity contribution in [2.75, 3.05) is 5.33 Å². The Balaban J connectivity index is 2.35. The molecule has 1 aliphatic rings. The molecule has 0 heterocycles. The maximum atomic E-state index is 12.8. The van der Waals surface area contributed by atoms with Crippen LogP contribution in [0.1, 0.15) is 37.7 Å². The predicted octanol–water partition coefficient (Wildman–Crippen LogP) is 3.87. The zero-order chi connectivity index (χ0) is 13.2. The van der Waals surface area contributed by atoms with Crippen LogP contribution < -0.4 is 0 Å². The minimum atomic E-state index is -3.18. The molecule has 1 aliphatic carbocycles. The van der Waals surface area contributed by atoms with Gasteiger partial charge in [0, 0.05) is 5.33 Å². The summed E-state index contributed by atoms with van der Waals surface area (Å²) in [7, 11) is -3.18. The quantitative estimate of drug-likeness (QED) is 0.768. The average Bonchev–Trinajstić information content (AvgIpc) is 2.27. The van der Waals surface area contributed by atoms with Gasteiger partial charge in [0.1, 0.15) is 0 Å². The number of alkyl halides is 1. The molecule has 0 N–H and O–H groups in total. The van der Waals surface area contributed by atoms with Crippen molar-refractivity contribution in [2.24, 2.45) is 0 Å². The lowest BCUT2D eigenvalue weighted by Gasteiger charge is -2.41. The molecule has 1 aromatic carbocycles. The van der Waals surface area contributed by atoms with Crippen LogP contribution in [0, 0.1) is 6.92 Å². The van der Waals surface area contributed by atoms with Gasteiger partial charge in [-0.05, 0) is 50.3 Å². The Morgan fingerprint density at radius 3 is 2.56 bits per heavy atom. The summed E-state index contributed by atoms with van der Waals surface area (Å²) < 4.78 is 25.1. The molecular weight excluding hydrogens is 312 g/mol. The van der Waals surface area contributed by atoms with E-state index in [4.69, 9.17) is 0 Å². The Labute approximate surface area is 118 Å². The van der Waals surface area contributed by atoms with Crippen LogP contribution in [-0.4, -0.2) is 18.5 Å². The summed E-state index contributed by atoms with van der Waals surface area (Å²) in [6.07, 6.45) is 4.36. The Bertz CT molecular complexity index is 518. The van der Waals surface area contributed by atoms with Gasteiger partial charge >= 0.3 is 0 Å². The van der Waals surface area contributed by atoms with E-state index < -0.39 is 14.6 Å². The topological polar surface area (TPSA) is 34.1 Å². The van der Waals surface area contributed by atoms with E-state index in [2.05, 4.69) is 15.9 Å². The Hall–Kier alpha value is -0.350. The van der Waals surface area contributed by atoms with Crippen LogP contribution in [0.2, 0.25) is 0 Å². The number of hydrogen-bond acceptors (Lipinski definition) is 2. The Kier molecular flexibility index (Phi) is 4.17. The van der Waals surface area contributed by atoms with Crippen LogP contribution in [0.3, 0.4) is 0 Å².